The molecule has 2 aromatic carbocycles. The van der Waals surface area contributed by atoms with Crippen molar-refractivity contribution in [1.82, 2.24) is 9.97 Å². The molecule has 27 heavy (non-hydrogen) atoms. The fraction of sp³-hybridized carbons (Fsp3) is 0.0952. The lowest BCUT2D eigenvalue weighted by Gasteiger charge is -2.16. The molecule has 0 amide bonds. The molecule has 5 nitrogen and oxygen atoms in total. The number of aliphatic carboxylic acids is 1. The van der Waals surface area contributed by atoms with Gasteiger partial charge in [0.2, 0.25) is 0 Å². The molecule has 0 fully saturated rings. The molecule has 0 aliphatic heterocycles. The number of hydrogen-bond acceptors (Lipinski definition) is 5. The summed E-state index contributed by atoms with van der Waals surface area (Å²) < 4.78 is 0. The molecule has 0 radical (unpaired) electrons. The second kappa shape index (κ2) is 7.55. The van der Waals surface area contributed by atoms with Gasteiger partial charge in [0.05, 0.1) is 5.39 Å². The number of rotatable bonds is 6. The lowest BCUT2D eigenvalue weighted by atomic mass is 10.1. The summed E-state index contributed by atoms with van der Waals surface area (Å²) in [5.74, 6) is 0.211. The molecule has 134 valence electrons. The van der Waals surface area contributed by atoms with Crippen LogP contribution >= 0.6 is 11.3 Å². The van der Waals surface area contributed by atoms with E-state index in [0.717, 1.165) is 21.3 Å². The van der Waals surface area contributed by atoms with E-state index in [2.05, 4.69) is 15.3 Å². The van der Waals surface area contributed by atoms with E-state index in [1.54, 1.807) is 0 Å². The zero-order valence-corrected chi connectivity index (χ0v) is 15.2. The summed E-state index contributed by atoms with van der Waals surface area (Å²) in [4.78, 5) is 21.9. The van der Waals surface area contributed by atoms with Crippen molar-refractivity contribution >= 4 is 33.3 Å². The van der Waals surface area contributed by atoms with Crippen LogP contribution in [-0.2, 0) is 11.2 Å². The fourth-order valence-corrected chi connectivity index (χ4v) is 3.66. The molecule has 2 aromatic heterocycles. The molecule has 0 bridgehead atoms. The van der Waals surface area contributed by atoms with Gasteiger partial charge in [-0.3, -0.25) is 0 Å². The zero-order chi connectivity index (χ0) is 18.6. The average molecular weight is 375 g/mol. The monoisotopic (exact) mass is 375 g/mol. The number of aromatic nitrogens is 2. The van der Waals surface area contributed by atoms with E-state index >= 15 is 0 Å². The lowest BCUT2D eigenvalue weighted by Crippen LogP contribution is -2.32. The minimum Gasteiger partial charge on any atom is -0.480 e. The van der Waals surface area contributed by atoms with Crippen molar-refractivity contribution in [3.8, 4) is 11.4 Å². The molecular weight excluding hydrogens is 358 g/mol. The number of hydrogen-bond donors (Lipinski definition) is 2. The Balaban J connectivity index is 1.71. The molecule has 0 aliphatic rings. The quantitative estimate of drug-likeness (QED) is 0.520. The summed E-state index contributed by atoms with van der Waals surface area (Å²) in [6.45, 7) is 0. The summed E-state index contributed by atoms with van der Waals surface area (Å²) >= 11 is 1.51. The lowest BCUT2D eigenvalue weighted by molar-refractivity contribution is -0.137. The number of fused-ring (bicyclic) bond motifs is 1. The second-order valence-corrected chi connectivity index (χ2v) is 7.02. The third kappa shape index (κ3) is 3.80. The van der Waals surface area contributed by atoms with E-state index in [1.807, 2.05) is 72.1 Å². The third-order valence-corrected chi connectivity index (χ3v) is 5.06. The van der Waals surface area contributed by atoms with Crippen LogP contribution in [0, 0.1) is 0 Å². The largest absolute Gasteiger partial charge is 0.480 e. The van der Waals surface area contributed by atoms with Gasteiger partial charge in [-0.05, 0) is 17.0 Å². The van der Waals surface area contributed by atoms with E-state index in [0.29, 0.717) is 18.1 Å². The van der Waals surface area contributed by atoms with Crippen LogP contribution in [0.2, 0.25) is 0 Å². The maximum atomic E-state index is 11.8. The SMILES string of the molecule is O=C(O)[C@H](Cc1ccccc1)Nc1nc(-c2ccccc2)nc2sccc12. The predicted octanol–water partition coefficient (Wildman–Crippen LogP) is 4.47. The summed E-state index contributed by atoms with van der Waals surface area (Å²) in [5, 5.41) is 15.6. The van der Waals surface area contributed by atoms with Crippen molar-refractivity contribution in [1.29, 1.82) is 0 Å². The van der Waals surface area contributed by atoms with E-state index in [4.69, 9.17) is 0 Å². The smallest absolute Gasteiger partial charge is 0.326 e. The first kappa shape index (κ1) is 17.2. The van der Waals surface area contributed by atoms with Crippen LogP contribution in [0.4, 0.5) is 5.82 Å². The van der Waals surface area contributed by atoms with Gasteiger partial charge in [-0.1, -0.05) is 60.7 Å². The zero-order valence-electron chi connectivity index (χ0n) is 14.4. The maximum absolute atomic E-state index is 11.8. The Bertz CT molecular complexity index is 1060. The molecule has 1 atom stereocenters. The summed E-state index contributed by atoms with van der Waals surface area (Å²) in [7, 11) is 0. The van der Waals surface area contributed by atoms with E-state index in [9.17, 15) is 9.90 Å². The van der Waals surface area contributed by atoms with Crippen LogP contribution in [-0.4, -0.2) is 27.1 Å². The van der Waals surface area contributed by atoms with Gasteiger partial charge in [0.25, 0.3) is 0 Å². The molecule has 0 unspecified atom stereocenters. The van der Waals surface area contributed by atoms with E-state index in [-0.39, 0.29) is 0 Å². The van der Waals surface area contributed by atoms with Crippen molar-refractivity contribution in [3.05, 3.63) is 77.7 Å². The molecule has 6 heteroatoms. The van der Waals surface area contributed by atoms with Crippen molar-refractivity contribution in [2.45, 2.75) is 12.5 Å². The van der Waals surface area contributed by atoms with Crippen molar-refractivity contribution in [2.75, 3.05) is 5.32 Å². The summed E-state index contributed by atoms with van der Waals surface area (Å²) in [5.41, 5.74) is 1.85. The van der Waals surface area contributed by atoms with Crippen LogP contribution in [0.15, 0.2) is 72.1 Å². The van der Waals surface area contributed by atoms with Crippen LogP contribution in [0.5, 0.6) is 0 Å². The first-order valence-corrected chi connectivity index (χ1v) is 9.42. The maximum Gasteiger partial charge on any atom is 0.326 e. The molecule has 0 spiro atoms. The number of carboxylic acid groups (broad SMARTS) is 1. The highest BCUT2D eigenvalue weighted by atomic mass is 32.1. The minimum atomic E-state index is -0.915. The van der Waals surface area contributed by atoms with Gasteiger partial charge in [-0.2, -0.15) is 0 Å². The Hall–Kier alpha value is -3.25. The second-order valence-electron chi connectivity index (χ2n) is 6.13. The molecule has 0 saturated carbocycles. The molecule has 0 aliphatic carbocycles. The standard InChI is InChI=1S/C21H17N3O2S/c25-21(26)17(13-14-7-3-1-4-8-14)22-19-16-11-12-27-20(16)24-18(23-19)15-9-5-2-6-10-15/h1-12,17H,13H2,(H,25,26)(H,22,23,24)/t17-/m0/s1. The van der Waals surface area contributed by atoms with Gasteiger partial charge in [-0.25, -0.2) is 14.8 Å². The Morgan fingerprint density at radius 3 is 2.41 bits per heavy atom. The molecule has 4 aromatic rings. The van der Waals surface area contributed by atoms with Gasteiger partial charge in [0.15, 0.2) is 5.82 Å². The normalized spacial score (nSPS) is 12.0. The average Bonchev–Trinajstić information content (AvgIpc) is 3.18. The van der Waals surface area contributed by atoms with Crippen LogP contribution in [0.3, 0.4) is 0 Å². The summed E-state index contributed by atoms with van der Waals surface area (Å²) in [6, 6.07) is 20.4. The number of carbonyl (C=O) groups is 1. The number of nitrogens with zero attached hydrogens (tertiary/aromatic N) is 2. The van der Waals surface area contributed by atoms with Gasteiger partial charge in [0, 0.05) is 12.0 Å². The number of anilines is 1. The van der Waals surface area contributed by atoms with Crippen molar-refractivity contribution < 1.29 is 9.90 Å². The predicted molar refractivity (Wildman–Crippen MR) is 108 cm³/mol. The van der Waals surface area contributed by atoms with Crippen LogP contribution in [0.25, 0.3) is 21.6 Å². The van der Waals surface area contributed by atoms with Gasteiger partial charge in [-0.15, -0.1) is 11.3 Å². The number of benzene rings is 2. The highest BCUT2D eigenvalue weighted by Crippen LogP contribution is 2.29. The molecule has 2 heterocycles. The molecule has 4 rings (SSSR count). The Kier molecular flexibility index (Phi) is 4.80. The number of thiophene rings is 1. The molecule has 2 N–H and O–H groups in total. The first-order valence-electron chi connectivity index (χ1n) is 8.54. The molecular formula is C21H17N3O2S. The van der Waals surface area contributed by atoms with Gasteiger partial charge >= 0.3 is 5.97 Å². The van der Waals surface area contributed by atoms with E-state index in [1.165, 1.54) is 11.3 Å². The first-order chi connectivity index (χ1) is 13.2. The molecule has 0 saturated heterocycles. The Labute approximate surface area is 160 Å². The van der Waals surface area contributed by atoms with Crippen molar-refractivity contribution in [2.24, 2.45) is 0 Å². The van der Waals surface area contributed by atoms with Gasteiger partial charge in [0.1, 0.15) is 16.7 Å². The number of carboxylic acids is 1. The topological polar surface area (TPSA) is 75.1 Å². The van der Waals surface area contributed by atoms with Gasteiger partial charge < -0.3 is 10.4 Å². The highest BCUT2D eigenvalue weighted by Gasteiger charge is 2.21. The third-order valence-electron chi connectivity index (χ3n) is 4.25. The minimum absolute atomic E-state index is 0.368. The Morgan fingerprint density at radius 1 is 1.00 bits per heavy atom. The van der Waals surface area contributed by atoms with Crippen LogP contribution < -0.4 is 5.32 Å². The summed E-state index contributed by atoms with van der Waals surface area (Å²) in [6.07, 6.45) is 0.368. The van der Waals surface area contributed by atoms with Crippen LogP contribution in [0.1, 0.15) is 5.56 Å². The Morgan fingerprint density at radius 2 is 1.70 bits per heavy atom. The fourth-order valence-electron chi connectivity index (χ4n) is 2.90. The number of nitrogens with one attached hydrogen (secondary N) is 1. The van der Waals surface area contributed by atoms with E-state index < -0.39 is 12.0 Å². The van der Waals surface area contributed by atoms with Crippen molar-refractivity contribution in [3.63, 3.8) is 0 Å². The highest BCUT2D eigenvalue weighted by molar-refractivity contribution is 7.16.